The number of rotatable bonds is 1. The molecule has 2 aliphatic heterocycles. The van der Waals surface area contributed by atoms with Gasteiger partial charge in [0.25, 0.3) is 0 Å². The highest BCUT2D eigenvalue weighted by atomic mass is 32.2. The molecule has 0 bridgehead atoms. The summed E-state index contributed by atoms with van der Waals surface area (Å²) in [5, 5.41) is 4.09. The second-order valence-electron chi connectivity index (χ2n) is 4.20. The van der Waals surface area contributed by atoms with Gasteiger partial charge >= 0.3 is 0 Å². The summed E-state index contributed by atoms with van der Waals surface area (Å²) in [6.45, 7) is 0. The maximum Gasteiger partial charge on any atom is 0.153 e. The van der Waals surface area contributed by atoms with E-state index >= 15 is 0 Å². The van der Waals surface area contributed by atoms with Gasteiger partial charge in [0.1, 0.15) is 11.7 Å². The van der Waals surface area contributed by atoms with Crippen LogP contribution >= 0.6 is 0 Å². The summed E-state index contributed by atoms with van der Waals surface area (Å²) in [4.78, 5) is 0. The fourth-order valence-corrected chi connectivity index (χ4v) is 3.95. The highest BCUT2D eigenvalue weighted by molar-refractivity contribution is 7.91. The molecule has 0 spiro atoms. The van der Waals surface area contributed by atoms with E-state index in [4.69, 9.17) is 4.74 Å². The van der Waals surface area contributed by atoms with Gasteiger partial charge in [-0.15, -0.1) is 0 Å². The molecule has 15 heavy (non-hydrogen) atoms. The molecule has 5 nitrogen and oxygen atoms in total. The second-order valence-corrected chi connectivity index (χ2v) is 6.43. The van der Waals surface area contributed by atoms with Crippen LogP contribution < -0.4 is 0 Å². The predicted octanol–water partition coefficient (Wildman–Crippen LogP) is -0.167. The van der Waals surface area contributed by atoms with Crippen LogP contribution in [0.15, 0.2) is 12.3 Å². The summed E-state index contributed by atoms with van der Waals surface area (Å²) in [7, 11) is -1.03. The number of aryl methyl sites for hydroxylation is 1. The Hall–Kier alpha value is -0.880. The monoisotopic (exact) mass is 228 g/mol. The van der Waals surface area contributed by atoms with Gasteiger partial charge < -0.3 is 4.74 Å². The van der Waals surface area contributed by atoms with E-state index in [9.17, 15) is 8.42 Å². The van der Waals surface area contributed by atoms with Crippen molar-refractivity contribution in [1.29, 1.82) is 0 Å². The Morgan fingerprint density at radius 3 is 3.07 bits per heavy atom. The maximum absolute atomic E-state index is 11.4. The van der Waals surface area contributed by atoms with E-state index in [1.807, 2.05) is 13.1 Å². The number of epoxide rings is 1. The average molecular weight is 228 g/mol. The van der Waals surface area contributed by atoms with Gasteiger partial charge in [0.2, 0.25) is 0 Å². The van der Waals surface area contributed by atoms with Crippen LogP contribution in [0, 0.1) is 0 Å². The third-order valence-corrected chi connectivity index (χ3v) is 4.90. The molecule has 1 aromatic rings. The normalized spacial score (nSPS) is 37.3. The molecular weight excluding hydrogens is 216 g/mol. The largest absolute Gasteiger partial charge is 0.358 e. The maximum atomic E-state index is 11.4. The van der Waals surface area contributed by atoms with Crippen molar-refractivity contribution in [2.75, 3.05) is 11.5 Å². The third kappa shape index (κ3) is 1.24. The van der Waals surface area contributed by atoms with Crippen molar-refractivity contribution < 1.29 is 13.2 Å². The summed E-state index contributed by atoms with van der Waals surface area (Å²) in [5.41, 5.74) is 0.624. The van der Waals surface area contributed by atoms with Gasteiger partial charge in [-0.2, -0.15) is 5.10 Å². The fourth-order valence-electron chi connectivity index (χ4n) is 2.37. The second kappa shape index (κ2) is 2.62. The molecule has 3 heterocycles. The number of fused-ring (bicyclic) bond motifs is 1. The molecule has 2 aliphatic rings. The van der Waals surface area contributed by atoms with Gasteiger partial charge in [0, 0.05) is 13.2 Å². The molecule has 0 aromatic carbocycles. The molecule has 2 saturated heterocycles. The number of hydrogen-bond donors (Lipinski definition) is 0. The third-order valence-electron chi connectivity index (χ3n) is 3.26. The first-order chi connectivity index (χ1) is 7.04. The zero-order chi connectivity index (χ0) is 10.7. The highest BCUT2D eigenvalue weighted by Gasteiger charge is 2.63. The van der Waals surface area contributed by atoms with E-state index in [-0.39, 0.29) is 23.2 Å². The van der Waals surface area contributed by atoms with Crippen molar-refractivity contribution in [3.63, 3.8) is 0 Å². The molecule has 3 rings (SSSR count). The van der Waals surface area contributed by atoms with Crippen LogP contribution in [-0.2, 0) is 27.2 Å². The van der Waals surface area contributed by atoms with E-state index in [1.54, 1.807) is 10.9 Å². The molecule has 6 heteroatoms. The van der Waals surface area contributed by atoms with Gasteiger partial charge in [0.15, 0.2) is 9.84 Å². The summed E-state index contributed by atoms with van der Waals surface area (Å²) in [6.07, 6.45) is 2.11. The highest BCUT2D eigenvalue weighted by Crippen LogP contribution is 2.52. The van der Waals surface area contributed by atoms with Crippen LogP contribution in [-0.4, -0.2) is 35.8 Å². The van der Waals surface area contributed by atoms with Crippen molar-refractivity contribution in [3.8, 4) is 0 Å². The quantitative estimate of drug-likeness (QED) is 0.626. The minimum absolute atomic E-state index is 0.151. The lowest BCUT2D eigenvalue weighted by Gasteiger charge is -2.17. The van der Waals surface area contributed by atoms with E-state index in [1.165, 1.54) is 0 Å². The lowest BCUT2D eigenvalue weighted by molar-refractivity contribution is 0.284. The van der Waals surface area contributed by atoms with Crippen LogP contribution in [0.4, 0.5) is 0 Å². The molecule has 0 aliphatic carbocycles. The van der Waals surface area contributed by atoms with E-state index in [0.29, 0.717) is 6.42 Å². The molecule has 0 amide bonds. The van der Waals surface area contributed by atoms with Crippen LogP contribution in [0.2, 0.25) is 0 Å². The van der Waals surface area contributed by atoms with Crippen LogP contribution in [0.3, 0.4) is 0 Å². The Bertz CT molecular complexity index is 507. The van der Waals surface area contributed by atoms with E-state index < -0.39 is 9.84 Å². The van der Waals surface area contributed by atoms with Crippen molar-refractivity contribution in [3.05, 3.63) is 18.0 Å². The minimum Gasteiger partial charge on any atom is -0.358 e. The van der Waals surface area contributed by atoms with E-state index in [0.717, 1.165) is 5.69 Å². The van der Waals surface area contributed by atoms with Crippen molar-refractivity contribution in [2.45, 2.75) is 18.1 Å². The number of ether oxygens (including phenoxy) is 1. The van der Waals surface area contributed by atoms with Gasteiger partial charge in [-0.1, -0.05) is 0 Å². The number of hydrogen-bond acceptors (Lipinski definition) is 4. The molecule has 2 fully saturated rings. The molecule has 1 aromatic heterocycles. The van der Waals surface area contributed by atoms with Crippen molar-refractivity contribution in [1.82, 2.24) is 9.78 Å². The van der Waals surface area contributed by atoms with Crippen molar-refractivity contribution in [2.24, 2.45) is 7.05 Å². The number of aromatic nitrogens is 2. The zero-order valence-corrected chi connectivity index (χ0v) is 9.20. The predicted molar refractivity (Wildman–Crippen MR) is 53.0 cm³/mol. The fraction of sp³-hybridized carbons (Fsp3) is 0.667. The zero-order valence-electron chi connectivity index (χ0n) is 8.38. The Kier molecular flexibility index (Phi) is 1.63. The number of nitrogens with zero attached hydrogens (tertiary/aromatic N) is 2. The van der Waals surface area contributed by atoms with Crippen LogP contribution in [0.1, 0.15) is 12.1 Å². The number of sulfone groups is 1. The standard InChI is InChI=1S/C9H12N2O3S/c1-11-7(2-4-10-11)9-3-5-15(12,13)6-8(9)14-9/h2,4,8H,3,5-6H2,1H3/t8-,9+/m1/s1. The summed E-state index contributed by atoms with van der Waals surface area (Å²) < 4.78 is 30.1. The first kappa shape index (κ1) is 9.35. The molecule has 0 unspecified atom stereocenters. The first-order valence-electron chi connectivity index (χ1n) is 4.90. The van der Waals surface area contributed by atoms with Gasteiger partial charge in [-0.25, -0.2) is 8.42 Å². The lowest BCUT2D eigenvalue weighted by Crippen LogP contribution is -2.31. The van der Waals surface area contributed by atoms with Crippen LogP contribution in [0.5, 0.6) is 0 Å². The first-order valence-corrected chi connectivity index (χ1v) is 6.72. The van der Waals surface area contributed by atoms with Gasteiger partial charge in [0.05, 0.1) is 17.2 Å². The molecule has 0 saturated carbocycles. The lowest BCUT2D eigenvalue weighted by atomic mass is 9.98. The van der Waals surface area contributed by atoms with E-state index in [2.05, 4.69) is 5.10 Å². The summed E-state index contributed by atoms with van der Waals surface area (Å²) >= 11 is 0. The van der Waals surface area contributed by atoms with Crippen molar-refractivity contribution >= 4 is 9.84 Å². The Balaban J connectivity index is 1.96. The van der Waals surface area contributed by atoms with Crippen LogP contribution in [0.25, 0.3) is 0 Å². The van der Waals surface area contributed by atoms with Gasteiger partial charge in [-0.05, 0) is 12.5 Å². The smallest absolute Gasteiger partial charge is 0.153 e. The minimum atomic E-state index is -2.89. The molecule has 82 valence electrons. The van der Waals surface area contributed by atoms with Gasteiger partial charge in [-0.3, -0.25) is 4.68 Å². The summed E-state index contributed by atoms with van der Waals surface area (Å²) in [6, 6.07) is 1.90. The topological polar surface area (TPSA) is 64.5 Å². The Morgan fingerprint density at radius 1 is 1.67 bits per heavy atom. The SMILES string of the molecule is Cn1nccc1[C@@]12CCS(=O)(=O)C[C@H]1O2. The molecule has 0 N–H and O–H groups in total. The molecule has 2 atom stereocenters. The molecule has 0 radical (unpaired) electrons. The Morgan fingerprint density at radius 2 is 2.47 bits per heavy atom. The molecular formula is C9H12N2O3S. The summed E-state index contributed by atoms with van der Waals surface area (Å²) in [5.74, 6) is 0.368. The Labute approximate surface area is 88.0 Å². The average Bonchev–Trinajstić information content (AvgIpc) is 2.68.